The van der Waals surface area contributed by atoms with Gasteiger partial charge < -0.3 is 10.2 Å². The quantitative estimate of drug-likeness (QED) is 0.242. The number of carboxylic acid groups (broad SMARTS) is 2. The molecule has 2 N–H and O–H groups in total. The van der Waals surface area contributed by atoms with E-state index in [1.807, 2.05) is 6.92 Å². The molecule has 2 unspecified atom stereocenters. The minimum atomic E-state index is -1.09. The summed E-state index contributed by atoms with van der Waals surface area (Å²) in [6.45, 7) is 4.10. The Hall–Kier alpha value is -1.06. The Kier molecular flexibility index (Phi) is 12.6. The molecule has 0 spiro atoms. The molecule has 170 valence electrons. The molecule has 0 aromatic heterocycles. The van der Waals surface area contributed by atoms with Crippen LogP contribution in [0.4, 0.5) is 0 Å². The minimum absolute atomic E-state index is 0.410. The van der Waals surface area contributed by atoms with Crippen molar-refractivity contribution in [1.82, 2.24) is 0 Å². The first-order valence-electron chi connectivity index (χ1n) is 12.4. The largest absolute Gasteiger partial charge is 0.481 e. The van der Waals surface area contributed by atoms with E-state index < -0.39 is 22.8 Å². The zero-order valence-corrected chi connectivity index (χ0v) is 19.1. The van der Waals surface area contributed by atoms with E-state index in [1.54, 1.807) is 0 Å². The monoisotopic (exact) mass is 410 g/mol. The fourth-order valence-corrected chi connectivity index (χ4v) is 5.54. The van der Waals surface area contributed by atoms with Gasteiger partial charge in [-0.1, -0.05) is 110 Å². The maximum absolute atomic E-state index is 12.2. The zero-order valence-electron chi connectivity index (χ0n) is 19.1. The van der Waals surface area contributed by atoms with E-state index in [0.29, 0.717) is 25.7 Å². The summed E-state index contributed by atoms with van der Waals surface area (Å²) < 4.78 is 0. The summed E-state index contributed by atoms with van der Waals surface area (Å²) in [6, 6.07) is 0. The molecule has 1 aliphatic rings. The molecule has 0 aromatic rings. The molecule has 1 saturated carbocycles. The Morgan fingerprint density at radius 2 is 1.00 bits per heavy atom. The predicted octanol–water partition coefficient (Wildman–Crippen LogP) is 7.59. The molecule has 0 saturated heterocycles. The Bertz CT molecular complexity index is 475. The van der Waals surface area contributed by atoms with Crippen LogP contribution in [0.15, 0.2) is 0 Å². The second-order valence-corrected chi connectivity index (χ2v) is 9.33. The van der Waals surface area contributed by atoms with Crippen LogP contribution in [0, 0.1) is 10.8 Å². The minimum Gasteiger partial charge on any atom is -0.481 e. The molecule has 4 nitrogen and oxygen atoms in total. The van der Waals surface area contributed by atoms with Gasteiger partial charge in [0.05, 0.1) is 10.8 Å². The van der Waals surface area contributed by atoms with Crippen molar-refractivity contribution in [3.05, 3.63) is 0 Å². The van der Waals surface area contributed by atoms with Crippen LogP contribution in [0.25, 0.3) is 0 Å². The number of hydrogen-bond donors (Lipinski definition) is 2. The van der Waals surface area contributed by atoms with E-state index in [2.05, 4.69) is 6.92 Å². The number of unbranched alkanes of at least 4 members (excludes halogenated alkanes) is 12. The maximum Gasteiger partial charge on any atom is 0.310 e. The van der Waals surface area contributed by atoms with Gasteiger partial charge in [-0.05, 0) is 25.7 Å². The molecule has 0 amide bonds. The van der Waals surface area contributed by atoms with Gasteiger partial charge in [0.25, 0.3) is 0 Å². The van der Waals surface area contributed by atoms with Crippen LogP contribution >= 0.6 is 0 Å². The summed E-state index contributed by atoms with van der Waals surface area (Å²) in [6.07, 6.45) is 19.9. The first-order valence-corrected chi connectivity index (χ1v) is 12.4. The van der Waals surface area contributed by atoms with E-state index in [9.17, 15) is 19.8 Å². The van der Waals surface area contributed by atoms with Crippen LogP contribution in [0.3, 0.4) is 0 Å². The van der Waals surface area contributed by atoms with E-state index in [0.717, 1.165) is 32.1 Å². The second-order valence-electron chi connectivity index (χ2n) is 9.33. The number of aliphatic carboxylic acids is 2. The number of carboxylic acids is 2. The summed E-state index contributed by atoms with van der Waals surface area (Å²) in [4.78, 5) is 24.3. The van der Waals surface area contributed by atoms with Gasteiger partial charge >= 0.3 is 11.9 Å². The van der Waals surface area contributed by atoms with Crippen LogP contribution in [-0.4, -0.2) is 22.2 Å². The number of rotatable bonds is 17. The van der Waals surface area contributed by atoms with Gasteiger partial charge in [0, 0.05) is 0 Å². The standard InChI is InChI=1S/C25H46O4/c1-3-5-6-7-8-9-10-11-12-13-14-15-16-20-25(23(28)29)21-18-17-19-24(25,4-2)22(26)27/h3-21H2,1-2H3,(H,26,27)(H,28,29). The molecular formula is C25H46O4. The SMILES string of the molecule is CCCCCCCCCCCCCCCC1(C(=O)O)CCCCC1(CC)C(=O)O. The maximum atomic E-state index is 12.2. The Labute approximate surface area is 178 Å². The molecule has 0 aliphatic heterocycles. The highest BCUT2D eigenvalue weighted by Crippen LogP contribution is 2.56. The van der Waals surface area contributed by atoms with Crippen LogP contribution in [-0.2, 0) is 9.59 Å². The Morgan fingerprint density at radius 3 is 1.38 bits per heavy atom. The predicted molar refractivity (Wildman–Crippen MR) is 119 cm³/mol. The third kappa shape index (κ3) is 7.29. The molecule has 4 heteroatoms. The smallest absolute Gasteiger partial charge is 0.310 e. The highest BCUT2D eigenvalue weighted by atomic mass is 16.4. The van der Waals surface area contributed by atoms with Gasteiger partial charge in [-0.15, -0.1) is 0 Å². The Morgan fingerprint density at radius 1 is 0.621 bits per heavy atom. The van der Waals surface area contributed by atoms with Crippen molar-refractivity contribution in [1.29, 1.82) is 0 Å². The molecule has 29 heavy (non-hydrogen) atoms. The number of carbonyl (C=O) groups is 2. The summed E-state index contributed by atoms with van der Waals surface area (Å²) in [7, 11) is 0. The second kappa shape index (κ2) is 14.0. The fourth-order valence-electron chi connectivity index (χ4n) is 5.54. The van der Waals surface area contributed by atoms with Crippen molar-refractivity contribution in [3.63, 3.8) is 0 Å². The first kappa shape index (κ1) is 26.0. The number of hydrogen-bond acceptors (Lipinski definition) is 2. The van der Waals surface area contributed by atoms with Crippen molar-refractivity contribution >= 4 is 11.9 Å². The molecular weight excluding hydrogens is 364 g/mol. The van der Waals surface area contributed by atoms with Gasteiger partial charge in [-0.2, -0.15) is 0 Å². The summed E-state index contributed by atoms with van der Waals surface area (Å²) >= 11 is 0. The van der Waals surface area contributed by atoms with Gasteiger partial charge in [-0.3, -0.25) is 9.59 Å². The summed E-state index contributed by atoms with van der Waals surface area (Å²) in [5.41, 5.74) is -2.17. The van der Waals surface area contributed by atoms with Gasteiger partial charge in [0.15, 0.2) is 0 Å². The zero-order chi connectivity index (χ0) is 21.6. The highest BCUT2D eigenvalue weighted by Gasteiger charge is 2.60. The van der Waals surface area contributed by atoms with Crippen molar-refractivity contribution in [3.8, 4) is 0 Å². The van der Waals surface area contributed by atoms with Gasteiger partial charge in [0.2, 0.25) is 0 Å². The van der Waals surface area contributed by atoms with Crippen molar-refractivity contribution in [2.45, 2.75) is 136 Å². The third-order valence-corrected chi connectivity index (χ3v) is 7.50. The molecule has 0 bridgehead atoms. The lowest BCUT2D eigenvalue weighted by molar-refractivity contribution is -0.181. The van der Waals surface area contributed by atoms with E-state index in [-0.39, 0.29) is 0 Å². The normalized spacial score (nSPS) is 24.5. The molecule has 1 aliphatic carbocycles. The lowest BCUT2D eigenvalue weighted by Gasteiger charge is -2.48. The van der Waals surface area contributed by atoms with Crippen LogP contribution in [0.1, 0.15) is 136 Å². The Balaban J connectivity index is 2.29. The first-order chi connectivity index (χ1) is 14.0. The van der Waals surface area contributed by atoms with Gasteiger partial charge in [0.1, 0.15) is 0 Å². The van der Waals surface area contributed by atoms with Crippen LogP contribution in [0.5, 0.6) is 0 Å². The lowest BCUT2D eigenvalue weighted by Crippen LogP contribution is -2.54. The van der Waals surface area contributed by atoms with Crippen molar-refractivity contribution in [2.75, 3.05) is 0 Å². The van der Waals surface area contributed by atoms with Crippen LogP contribution in [0.2, 0.25) is 0 Å². The molecule has 1 fully saturated rings. The molecule has 0 aromatic carbocycles. The van der Waals surface area contributed by atoms with Gasteiger partial charge in [-0.25, -0.2) is 0 Å². The van der Waals surface area contributed by atoms with E-state index >= 15 is 0 Å². The average Bonchev–Trinajstić information content (AvgIpc) is 2.71. The third-order valence-electron chi connectivity index (χ3n) is 7.50. The van der Waals surface area contributed by atoms with Crippen molar-refractivity contribution in [2.24, 2.45) is 10.8 Å². The summed E-state index contributed by atoms with van der Waals surface area (Å²) in [5, 5.41) is 19.9. The van der Waals surface area contributed by atoms with E-state index in [1.165, 1.54) is 64.2 Å². The molecule has 0 radical (unpaired) electrons. The lowest BCUT2D eigenvalue weighted by atomic mass is 9.53. The average molecular weight is 411 g/mol. The van der Waals surface area contributed by atoms with Crippen molar-refractivity contribution < 1.29 is 19.8 Å². The molecule has 2 atom stereocenters. The summed E-state index contributed by atoms with van der Waals surface area (Å²) in [5.74, 6) is -1.79. The molecule has 0 heterocycles. The fraction of sp³-hybridized carbons (Fsp3) is 0.920. The highest BCUT2D eigenvalue weighted by molar-refractivity contribution is 5.87. The molecule has 1 rings (SSSR count). The van der Waals surface area contributed by atoms with E-state index in [4.69, 9.17) is 0 Å². The topological polar surface area (TPSA) is 74.6 Å². The van der Waals surface area contributed by atoms with Crippen LogP contribution < -0.4 is 0 Å².